The fourth-order valence-electron chi connectivity index (χ4n) is 4.91. The molecule has 0 aliphatic carbocycles. The Morgan fingerprint density at radius 2 is 1.69 bits per heavy atom. The van der Waals surface area contributed by atoms with Gasteiger partial charge in [-0.3, -0.25) is 9.59 Å². The number of piperazine rings is 1. The summed E-state index contributed by atoms with van der Waals surface area (Å²) in [7, 11) is 3.83. The number of rotatable bonds is 8. The quantitative estimate of drug-likeness (QED) is 0.410. The second kappa shape index (κ2) is 12.2. The van der Waals surface area contributed by atoms with Gasteiger partial charge < -0.3 is 30.7 Å². The number of likely N-dealkylation sites (N-methyl/N-ethyl adjacent to an activating group) is 1. The van der Waals surface area contributed by atoms with E-state index in [0.29, 0.717) is 12.5 Å². The van der Waals surface area contributed by atoms with E-state index in [9.17, 15) is 9.59 Å². The van der Waals surface area contributed by atoms with E-state index in [2.05, 4.69) is 43.0 Å². The number of hydrogen-bond donors (Lipinski definition) is 3. The zero-order chi connectivity index (χ0) is 27.2. The van der Waals surface area contributed by atoms with E-state index in [1.54, 1.807) is 6.20 Å². The Kier molecular flexibility index (Phi) is 8.33. The highest BCUT2D eigenvalue weighted by Gasteiger charge is 2.22. The van der Waals surface area contributed by atoms with Gasteiger partial charge in [0.05, 0.1) is 18.3 Å². The number of carbonyl (C=O) groups is 2. The Labute approximate surface area is 229 Å². The van der Waals surface area contributed by atoms with Gasteiger partial charge in [-0.05, 0) is 75.9 Å². The van der Waals surface area contributed by atoms with Crippen LogP contribution in [0.5, 0.6) is 0 Å². The molecule has 2 saturated heterocycles. The summed E-state index contributed by atoms with van der Waals surface area (Å²) in [6.45, 7) is 4.44. The van der Waals surface area contributed by atoms with Gasteiger partial charge in [-0.15, -0.1) is 0 Å². The van der Waals surface area contributed by atoms with Gasteiger partial charge in [0.15, 0.2) is 0 Å². The minimum Gasteiger partial charge on any atom is -0.368 e. The number of amides is 2. The molecule has 0 bridgehead atoms. The van der Waals surface area contributed by atoms with Gasteiger partial charge in [0, 0.05) is 55.0 Å². The molecular formula is C29H36N8O2. The van der Waals surface area contributed by atoms with Gasteiger partial charge in [0.25, 0.3) is 0 Å². The molecule has 3 heterocycles. The average molecular weight is 529 g/mol. The van der Waals surface area contributed by atoms with Gasteiger partial charge in [0.2, 0.25) is 17.8 Å². The van der Waals surface area contributed by atoms with E-state index in [0.717, 1.165) is 73.9 Å². The van der Waals surface area contributed by atoms with Crippen molar-refractivity contribution in [1.29, 1.82) is 0 Å². The highest BCUT2D eigenvalue weighted by atomic mass is 16.2. The molecular weight excluding hydrogens is 492 g/mol. The number of nitrogens with zero attached hydrogens (tertiary/aromatic N) is 5. The van der Waals surface area contributed by atoms with Crippen LogP contribution in [0.4, 0.5) is 23.0 Å². The van der Waals surface area contributed by atoms with Gasteiger partial charge in [-0.2, -0.15) is 0 Å². The Bertz CT molecular complexity index is 1270. The summed E-state index contributed by atoms with van der Waals surface area (Å²) in [6, 6.07) is 17.7. The summed E-state index contributed by atoms with van der Waals surface area (Å²) < 4.78 is 0. The molecule has 5 rings (SSSR count). The van der Waals surface area contributed by atoms with Crippen molar-refractivity contribution in [2.45, 2.75) is 18.9 Å². The molecule has 0 saturated carbocycles. The molecule has 2 aliphatic heterocycles. The number of benzene rings is 2. The van der Waals surface area contributed by atoms with E-state index in [4.69, 9.17) is 0 Å². The standard InChI is InChI=1S/C29H36N8O2/c1-35(2)20-27(38)37-18-16-36(17-19-37)24-11-9-23(10-12-24)33-29-31-15-13-25(34-29)21-5-7-22(8-6-21)32-28(39)26-4-3-14-30-26/h5-13,15,26,30H,3-4,14,16-20H2,1-2H3,(H,32,39)(H,31,33,34)/t26-/m1/s1. The number of anilines is 4. The van der Waals surface area contributed by atoms with Crippen molar-refractivity contribution < 1.29 is 9.59 Å². The van der Waals surface area contributed by atoms with Gasteiger partial charge in [-0.1, -0.05) is 12.1 Å². The highest BCUT2D eigenvalue weighted by Crippen LogP contribution is 2.24. The SMILES string of the molecule is CN(C)CC(=O)N1CCN(c2ccc(Nc3nccc(-c4ccc(NC(=O)[C@H]5CCCN5)cc4)n3)cc2)CC1. The lowest BCUT2D eigenvalue weighted by Gasteiger charge is -2.36. The molecule has 1 atom stereocenters. The van der Waals surface area contributed by atoms with Crippen LogP contribution in [0.1, 0.15) is 12.8 Å². The summed E-state index contributed by atoms with van der Waals surface area (Å²) in [5, 5.41) is 9.49. The molecule has 3 N–H and O–H groups in total. The number of nitrogens with one attached hydrogen (secondary N) is 3. The minimum atomic E-state index is -0.108. The van der Waals surface area contributed by atoms with Crippen molar-refractivity contribution in [3.05, 3.63) is 60.8 Å². The molecule has 10 heteroatoms. The number of carbonyl (C=O) groups excluding carboxylic acids is 2. The minimum absolute atomic E-state index is 0.0113. The predicted octanol–water partition coefficient (Wildman–Crippen LogP) is 2.79. The topological polar surface area (TPSA) is 106 Å². The van der Waals surface area contributed by atoms with Gasteiger partial charge in [0.1, 0.15) is 0 Å². The predicted molar refractivity (Wildman–Crippen MR) is 154 cm³/mol. The van der Waals surface area contributed by atoms with Crippen LogP contribution in [0.25, 0.3) is 11.3 Å². The fraction of sp³-hybridized carbons (Fsp3) is 0.379. The summed E-state index contributed by atoms with van der Waals surface area (Å²) in [5.74, 6) is 0.705. The Morgan fingerprint density at radius 1 is 0.974 bits per heavy atom. The Morgan fingerprint density at radius 3 is 2.36 bits per heavy atom. The van der Waals surface area contributed by atoms with Crippen LogP contribution in [-0.2, 0) is 9.59 Å². The average Bonchev–Trinajstić information content (AvgIpc) is 3.49. The van der Waals surface area contributed by atoms with Crippen LogP contribution >= 0.6 is 0 Å². The second-order valence-corrected chi connectivity index (χ2v) is 10.3. The van der Waals surface area contributed by atoms with Crippen molar-refractivity contribution in [3.8, 4) is 11.3 Å². The maximum Gasteiger partial charge on any atom is 0.241 e. The first kappa shape index (κ1) is 26.6. The lowest BCUT2D eigenvalue weighted by Crippen LogP contribution is -2.50. The highest BCUT2D eigenvalue weighted by molar-refractivity contribution is 5.95. The maximum absolute atomic E-state index is 12.3. The van der Waals surface area contributed by atoms with Crippen LogP contribution < -0.4 is 20.9 Å². The zero-order valence-electron chi connectivity index (χ0n) is 22.6. The van der Waals surface area contributed by atoms with E-state index >= 15 is 0 Å². The van der Waals surface area contributed by atoms with Crippen LogP contribution in [0, 0.1) is 0 Å². The van der Waals surface area contributed by atoms with Crippen LogP contribution in [0.2, 0.25) is 0 Å². The molecule has 2 aliphatic rings. The monoisotopic (exact) mass is 528 g/mol. The third kappa shape index (κ3) is 6.90. The summed E-state index contributed by atoms with van der Waals surface area (Å²) in [4.78, 5) is 39.9. The first-order valence-corrected chi connectivity index (χ1v) is 13.5. The van der Waals surface area contributed by atoms with E-state index in [1.165, 1.54) is 0 Å². The molecule has 0 spiro atoms. The van der Waals surface area contributed by atoms with Crippen molar-refractivity contribution in [2.24, 2.45) is 0 Å². The third-order valence-corrected chi connectivity index (χ3v) is 7.05. The molecule has 0 radical (unpaired) electrons. The van der Waals surface area contributed by atoms with Gasteiger partial charge in [-0.25, -0.2) is 9.97 Å². The normalized spacial score (nSPS) is 17.4. The van der Waals surface area contributed by atoms with Crippen LogP contribution in [0.3, 0.4) is 0 Å². The second-order valence-electron chi connectivity index (χ2n) is 10.3. The molecule has 0 unspecified atom stereocenters. The number of hydrogen-bond acceptors (Lipinski definition) is 8. The van der Waals surface area contributed by atoms with Gasteiger partial charge >= 0.3 is 0 Å². The van der Waals surface area contributed by atoms with E-state index in [1.807, 2.05) is 66.4 Å². The first-order chi connectivity index (χ1) is 18.9. The molecule has 2 amide bonds. The van der Waals surface area contributed by atoms with Crippen molar-refractivity contribution in [3.63, 3.8) is 0 Å². The molecule has 204 valence electrons. The molecule has 39 heavy (non-hydrogen) atoms. The van der Waals surface area contributed by atoms with Crippen LogP contribution in [-0.4, -0.2) is 91.0 Å². The van der Waals surface area contributed by atoms with Crippen LogP contribution in [0.15, 0.2) is 60.8 Å². The summed E-state index contributed by atoms with van der Waals surface area (Å²) in [5.41, 5.74) is 4.53. The fourth-order valence-corrected chi connectivity index (χ4v) is 4.91. The van der Waals surface area contributed by atoms with Crippen molar-refractivity contribution >= 4 is 34.8 Å². The molecule has 3 aromatic rings. The Balaban J connectivity index is 1.16. The molecule has 10 nitrogen and oxygen atoms in total. The van der Waals surface area contributed by atoms with Crippen molar-refractivity contribution in [1.82, 2.24) is 25.1 Å². The molecule has 1 aromatic heterocycles. The van der Waals surface area contributed by atoms with E-state index < -0.39 is 0 Å². The molecule has 2 aromatic carbocycles. The van der Waals surface area contributed by atoms with Crippen molar-refractivity contribution in [2.75, 3.05) is 68.9 Å². The first-order valence-electron chi connectivity index (χ1n) is 13.5. The zero-order valence-corrected chi connectivity index (χ0v) is 22.6. The third-order valence-electron chi connectivity index (χ3n) is 7.05. The summed E-state index contributed by atoms with van der Waals surface area (Å²) in [6.07, 6.45) is 3.64. The maximum atomic E-state index is 12.3. The molecule has 2 fully saturated rings. The summed E-state index contributed by atoms with van der Waals surface area (Å²) >= 11 is 0. The lowest BCUT2D eigenvalue weighted by molar-refractivity contribution is -0.132. The smallest absolute Gasteiger partial charge is 0.241 e. The largest absolute Gasteiger partial charge is 0.368 e. The number of aromatic nitrogens is 2. The Hall–Kier alpha value is -4.02. The van der Waals surface area contributed by atoms with E-state index in [-0.39, 0.29) is 17.9 Å². The lowest BCUT2D eigenvalue weighted by atomic mass is 10.1.